The molecule has 0 saturated carbocycles. The molecule has 0 aliphatic carbocycles. The van der Waals surface area contributed by atoms with E-state index in [1.165, 1.54) is 50.6 Å². The summed E-state index contributed by atoms with van der Waals surface area (Å²) in [6.07, 6.45) is 1.33. The van der Waals surface area contributed by atoms with Gasteiger partial charge in [0.1, 0.15) is 18.0 Å². The average molecular weight is 632 g/mol. The Labute approximate surface area is 253 Å². The van der Waals surface area contributed by atoms with Crippen molar-refractivity contribution < 1.29 is 32.4 Å². The number of hydrogen-bond acceptors (Lipinski definition) is 9. The molecular formula is C28H30ClN5O8S. The van der Waals surface area contributed by atoms with E-state index in [0.29, 0.717) is 11.3 Å². The molecule has 0 aromatic heterocycles. The van der Waals surface area contributed by atoms with Crippen LogP contribution in [0.4, 0.5) is 11.4 Å². The molecule has 0 heterocycles. The van der Waals surface area contributed by atoms with Crippen LogP contribution in [-0.2, 0) is 19.6 Å². The van der Waals surface area contributed by atoms with Crippen LogP contribution in [0.15, 0.2) is 70.7 Å². The van der Waals surface area contributed by atoms with Crippen LogP contribution in [0.5, 0.6) is 11.5 Å². The lowest BCUT2D eigenvalue weighted by molar-refractivity contribution is -0.385. The van der Waals surface area contributed by atoms with Gasteiger partial charge in [0.2, 0.25) is 0 Å². The highest BCUT2D eigenvalue weighted by atomic mass is 35.5. The third-order valence-corrected chi connectivity index (χ3v) is 7.76. The number of hydrazone groups is 1. The van der Waals surface area contributed by atoms with Crippen LogP contribution in [-0.4, -0.2) is 57.7 Å². The number of halogens is 1. The van der Waals surface area contributed by atoms with E-state index in [-0.39, 0.29) is 40.6 Å². The van der Waals surface area contributed by atoms with Gasteiger partial charge in [-0.3, -0.25) is 24.0 Å². The van der Waals surface area contributed by atoms with Crippen molar-refractivity contribution in [3.8, 4) is 11.5 Å². The summed E-state index contributed by atoms with van der Waals surface area (Å²) in [5.41, 5.74) is 2.66. The number of carbonyl (C=O) groups excluding carboxylic acids is 2. The lowest BCUT2D eigenvalue weighted by atomic mass is 10.2. The molecule has 0 bridgehead atoms. The summed E-state index contributed by atoms with van der Waals surface area (Å²) in [5.74, 6) is -0.530. The Bertz CT molecular complexity index is 1630. The van der Waals surface area contributed by atoms with E-state index in [0.717, 1.165) is 10.4 Å². The van der Waals surface area contributed by atoms with E-state index in [9.17, 15) is 28.1 Å². The van der Waals surface area contributed by atoms with Crippen LogP contribution < -0.4 is 24.5 Å². The highest BCUT2D eigenvalue weighted by Crippen LogP contribution is 2.35. The summed E-state index contributed by atoms with van der Waals surface area (Å²) in [4.78, 5) is 35.0. The largest absolute Gasteiger partial charge is 0.495 e. The fourth-order valence-corrected chi connectivity index (χ4v) is 5.35. The van der Waals surface area contributed by atoms with Gasteiger partial charge >= 0.3 is 0 Å². The standard InChI is InChI=1S/C28H30ClN5O8S/c1-18(2)31-28(36)17-42-22-9-6-20(7-10-22)15-30-32-27(35)16-33(25-13-21(29)8-12-26(25)41-4)43(39,40)23-11-5-19(3)24(14-23)34(37)38/h5-15,18H,16-17H2,1-4H3,(H,31,36)(H,32,35)/b30-15-. The average Bonchev–Trinajstić information content (AvgIpc) is 2.95. The zero-order valence-electron chi connectivity index (χ0n) is 23.7. The number of nitro benzene ring substituents is 1. The molecule has 3 aromatic rings. The molecule has 43 heavy (non-hydrogen) atoms. The van der Waals surface area contributed by atoms with E-state index in [1.54, 1.807) is 24.3 Å². The van der Waals surface area contributed by atoms with E-state index in [2.05, 4.69) is 15.8 Å². The number of benzene rings is 3. The van der Waals surface area contributed by atoms with Gasteiger partial charge in [-0.25, -0.2) is 13.8 Å². The minimum absolute atomic E-state index is 0.00587. The van der Waals surface area contributed by atoms with Crippen LogP contribution in [0.25, 0.3) is 0 Å². The number of carbonyl (C=O) groups is 2. The number of amides is 2. The molecule has 228 valence electrons. The van der Waals surface area contributed by atoms with Crippen molar-refractivity contribution in [3.63, 3.8) is 0 Å². The molecule has 0 fully saturated rings. The summed E-state index contributed by atoms with van der Waals surface area (Å²) < 4.78 is 39.0. The minimum atomic E-state index is -4.54. The third-order valence-electron chi connectivity index (χ3n) is 5.76. The molecule has 0 aliphatic heterocycles. The zero-order chi connectivity index (χ0) is 31.7. The quantitative estimate of drug-likeness (QED) is 0.163. The highest BCUT2D eigenvalue weighted by molar-refractivity contribution is 7.92. The highest BCUT2D eigenvalue weighted by Gasteiger charge is 2.31. The van der Waals surface area contributed by atoms with E-state index < -0.39 is 38.0 Å². The number of nitro groups is 1. The number of methoxy groups -OCH3 is 1. The third kappa shape index (κ3) is 8.90. The normalized spacial score (nSPS) is 11.3. The van der Waals surface area contributed by atoms with Gasteiger partial charge in [-0.1, -0.05) is 17.7 Å². The Hall–Kier alpha value is -4.69. The Balaban J connectivity index is 1.80. The maximum atomic E-state index is 13.8. The lowest BCUT2D eigenvalue weighted by Gasteiger charge is -2.25. The van der Waals surface area contributed by atoms with Crippen LogP contribution in [0.3, 0.4) is 0 Å². The Morgan fingerprint density at radius 2 is 1.79 bits per heavy atom. The Kier molecular flexibility index (Phi) is 11.0. The van der Waals surface area contributed by atoms with Crippen molar-refractivity contribution in [1.82, 2.24) is 10.7 Å². The van der Waals surface area contributed by atoms with Gasteiger partial charge in [0, 0.05) is 22.7 Å². The number of sulfonamides is 1. The minimum Gasteiger partial charge on any atom is -0.495 e. The van der Waals surface area contributed by atoms with E-state index in [4.69, 9.17) is 21.1 Å². The molecule has 0 aliphatic rings. The second-order valence-electron chi connectivity index (χ2n) is 9.41. The summed E-state index contributed by atoms with van der Waals surface area (Å²) in [6, 6.07) is 14.2. The van der Waals surface area contributed by atoms with Gasteiger partial charge in [0.15, 0.2) is 6.61 Å². The predicted molar refractivity (Wildman–Crippen MR) is 161 cm³/mol. The molecule has 2 N–H and O–H groups in total. The van der Waals surface area contributed by atoms with Crippen molar-refractivity contribution in [2.45, 2.75) is 31.7 Å². The molecule has 0 spiro atoms. The maximum absolute atomic E-state index is 13.8. The van der Waals surface area contributed by atoms with Crippen LogP contribution >= 0.6 is 11.6 Å². The first kappa shape index (κ1) is 32.8. The number of anilines is 1. The fourth-order valence-electron chi connectivity index (χ4n) is 3.74. The van der Waals surface area contributed by atoms with Crippen LogP contribution in [0, 0.1) is 17.0 Å². The molecule has 3 rings (SSSR count). The topological polar surface area (TPSA) is 170 Å². The first-order valence-corrected chi connectivity index (χ1v) is 14.6. The molecule has 13 nitrogen and oxygen atoms in total. The SMILES string of the molecule is COc1ccc(Cl)cc1N(CC(=O)N/N=C\c1ccc(OCC(=O)NC(C)C)cc1)S(=O)(=O)c1ccc(C)c([N+](=O)[O-])c1. The molecule has 0 saturated heterocycles. The van der Waals surface area contributed by atoms with Gasteiger partial charge in [-0.2, -0.15) is 5.10 Å². The smallest absolute Gasteiger partial charge is 0.273 e. The molecule has 15 heteroatoms. The zero-order valence-corrected chi connectivity index (χ0v) is 25.3. The second-order valence-corrected chi connectivity index (χ2v) is 11.7. The molecular weight excluding hydrogens is 602 g/mol. The Morgan fingerprint density at radius 3 is 2.42 bits per heavy atom. The van der Waals surface area contributed by atoms with Gasteiger partial charge < -0.3 is 14.8 Å². The van der Waals surface area contributed by atoms with Crippen molar-refractivity contribution >= 4 is 51.0 Å². The lowest BCUT2D eigenvalue weighted by Crippen LogP contribution is -2.39. The summed E-state index contributed by atoms with van der Waals surface area (Å²) in [7, 11) is -3.22. The number of aryl methyl sites for hydroxylation is 1. The number of rotatable bonds is 13. The number of hydrogen-bond donors (Lipinski definition) is 2. The van der Waals surface area contributed by atoms with Gasteiger partial charge in [-0.05, 0) is 74.9 Å². The van der Waals surface area contributed by atoms with Crippen molar-refractivity contribution in [2.75, 3.05) is 24.6 Å². The second kappa shape index (κ2) is 14.5. The molecule has 0 radical (unpaired) electrons. The predicted octanol–water partition coefficient (Wildman–Crippen LogP) is 3.81. The van der Waals surface area contributed by atoms with Crippen LogP contribution in [0.1, 0.15) is 25.0 Å². The van der Waals surface area contributed by atoms with E-state index >= 15 is 0 Å². The number of nitrogens with zero attached hydrogens (tertiary/aromatic N) is 3. The molecule has 0 unspecified atom stereocenters. The van der Waals surface area contributed by atoms with Gasteiger partial charge in [0.05, 0.1) is 28.8 Å². The van der Waals surface area contributed by atoms with Crippen molar-refractivity contribution in [2.24, 2.45) is 5.10 Å². The summed E-state index contributed by atoms with van der Waals surface area (Å²) in [6.45, 7) is 4.25. The first-order chi connectivity index (χ1) is 20.3. The molecule has 0 atom stereocenters. The fraction of sp³-hybridized carbons (Fsp3) is 0.250. The van der Waals surface area contributed by atoms with Crippen molar-refractivity contribution in [1.29, 1.82) is 0 Å². The number of ether oxygens (including phenoxy) is 2. The van der Waals surface area contributed by atoms with Crippen molar-refractivity contribution in [3.05, 3.63) is 86.9 Å². The molecule has 3 aromatic carbocycles. The maximum Gasteiger partial charge on any atom is 0.273 e. The monoisotopic (exact) mass is 631 g/mol. The van der Waals surface area contributed by atoms with Gasteiger partial charge in [0.25, 0.3) is 27.5 Å². The summed E-state index contributed by atoms with van der Waals surface area (Å²) in [5, 5.41) is 18.2. The summed E-state index contributed by atoms with van der Waals surface area (Å²) >= 11 is 6.14. The Morgan fingerprint density at radius 1 is 1.09 bits per heavy atom. The van der Waals surface area contributed by atoms with Crippen LogP contribution in [0.2, 0.25) is 5.02 Å². The number of nitrogens with one attached hydrogen (secondary N) is 2. The first-order valence-electron chi connectivity index (χ1n) is 12.8. The molecule has 2 amide bonds. The van der Waals surface area contributed by atoms with Gasteiger partial charge in [-0.15, -0.1) is 0 Å². The van der Waals surface area contributed by atoms with E-state index in [1.807, 2.05) is 13.8 Å².